The van der Waals surface area contributed by atoms with Gasteiger partial charge < -0.3 is 15.1 Å². The lowest BCUT2D eigenvalue weighted by Gasteiger charge is -2.23. The van der Waals surface area contributed by atoms with Gasteiger partial charge in [0, 0.05) is 13.1 Å². The second-order valence-corrected chi connectivity index (χ2v) is 5.98. The first-order chi connectivity index (χ1) is 10.7. The Balaban J connectivity index is 0.00000264. The lowest BCUT2D eigenvalue weighted by molar-refractivity contribution is 0.258. The Kier molecular flexibility index (Phi) is 9.27. The molecular formula is C16H25IN4OS. The van der Waals surface area contributed by atoms with Crippen molar-refractivity contribution >= 4 is 41.3 Å². The fraction of sp³-hybridized carbons (Fsp3) is 0.438. The second-order valence-electron chi connectivity index (χ2n) is 5.20. The predicted molar refractivity (Wildman–Crippen MR) is 108 cm³/mol. The highest BCUT2D eigenvalue weighted by Crippen LogP contribution is 2.17. The summed E-state index contributed by atoms with van der Waals surface area (Å²) in [5.41, 5.74) is 1.23. The summed E-state index contributed by atoms with van der Waals surface area (Å²) in [6.45, 7) is 4.32. The summed E-state index contributed by atoms with van der Waals surface area (Å²) in [7, 11) is 4.09. The van der Waals surface area contributed by atoms with Gasteiger partial charge in [-0.25, -0.2) is 4.99 Å². The van der Waals surface area contributed by atoms with Crippen molar-refractivity contribution in [2.45, 2.75) is 19.5 Å². The smallest absolute Gasteiger partial charge is 0.191 e. The van der Waals surface area contributed by atoms with Crippen molar-refractivity contribution in [2.75, 3.05) is 27.2 Å². The normalized spacial score (nSPS) is 12.8. The maximum Gasteiger partial charge on any atom is 0.191 e. The summed E-state index contributed by atoms with van der Waals surface area (Å²) in [6, 6.07) is 6.19. The van der Waals surface area contributed by atoms with Crippen LogP contribution in [0.1, 0.15) is 24.3 Å². The van der Waals surface area contributed by atoms with Gasteiger partial charge in [-0.2, -0.15) is 11.3 Å². The monoisotopic (exact) mass is 448 g/mol. The van der Waals surface area contributed by atoms with Gasteiger partial charge in [0.05, 0.1) is 18.8 Å². The van der Waals surface area contributed by atoms with Crippen molar-refractivity contribution in [3.05, 3.63) is 46.5 Å². The van der Waals surface area contributed by atoms with Gasteiger partial charge in [-0.05, 0) is 55.5 Å². The standard InChI is InChI=1S/C16H24N4OS.HI/c1-4-17-16(18-10-13-7-9-22-12-13)19-11-14(20(2)3)15-6-5-8-21-15;/h5-9,12,14H,4,10-11H2,1-3H3,(H2,17,18,19);1H. The lowest BCUT2D eigenvalue weighted by Crippen LogP contribution is -2.41. The Morgan fingerprint density at radius 1 is 1.35 bits per heavy atom. The zero-order chi connectivity index (χ0) is 15.8. The predicted octanol–water partition coefficient (Wildman–Crippen LogP) is 3.32. The molecule has 0 aliphatic heterocycles. The SMILES string of the molecule is CCNC(=NCc1ccsc1)NCC(c1ccco1)N(C)C.I. The van der Waals surface area contributed by atoms with E-state index < -0.39 is 0 Å². The van der Waals surface area contributed by atoms with E-state index in [4.69, 9.17) is 4.42 Å². The van der Waals surface area contributed by atoms with Gasteiger partial charge in [-0.1, -0.05) is 0 Å². The van der Waals surface area contributed by atoms with E-state index in [1.54, 1.807) is 17.6 Å². The van der Waals surface area contributed by atoms with Crippen LogP contribution in [-0.2, 0) is 6.54 Å². The molecule has 2 N–H and O–H groups in total. The molecule has 1 unspecified atom stereocenters. The number of halogens is 1. The fourth-order valence-corrected chi connectivity index (χ4v) is 2.77. The minimum absolute atomic E-state index is 0. The molecule has 2 rings (SSSR count). The highest BCUT2D eigenvalue weighted by atomic mass is 127. The number of hydrogen-bond donors (Lipinski definition) is 2. The molecule has 0 bridgehead atoms. The zero-order valence-corrected chi connectivity index (χ0v) is 16.9. The van der Waals surface area contributed by atoms with E-state index in [9.17, 15) is 0 Å². The molecular weight excluding hydrogens is 423 g/mol. The number of nitrogens with zero attached hydrogens (tertiary/aromatic N) is 2. The molecule has 5 nitrogen and oxygen atoms in total. The van der Waals surface area contributed by atoms with Crippen LogP contribution in [0.15, 0.2) is 44.6 Å². The third-order valence-corrected chi connectivity index (χ3v) is 4.03. The quantitative estimate of drug-likeness (QED) is 0.388. The number of guanidine groups is 1. The largest absolute Gasteiger partial charge is 0.468 e. The Morgan fingerprint density at radius 3 is 2.74 bits per heavy atom. The summed E-state index contributed by atoms with van der Waals surface area (Å²) < 4.78 is 5.53. The van der Waals surface area contributed by atoms with Crippen molar-refractivity contribution in [3.63, 3.8) is 0 Å². The van der Waals surface area contributed by atoms with Crippen molar-refractivity contribution in [1.29, 1.82) is 0 Å². The molecule has 0 radical (unpaired) electrons. The molecule has 128 valence electrons. The van der Waals surface area contributed by atoms with Crippen LogP contribution < -0.4 is 10.6 Å². The number of furan rings is 1. The van der Waals surface area contributed by atoms with Crippen LogP contribution in [0.3, 0.4) is 0 Å². The topological polar surface area (TPSA) is 52.8 Å². The highest BCUT2D eigenvalue weighted by molar-refractivity contribution is 14.0. The maximum absolute atomic E-state index is 5.53. The molecule has 0 saturated carbocycles. The highest BCUT2D eigenvalue weighted by Gasteiger charge is 2.17. The molecule has 2 aromatic rings. The Labute approximate surface area is 159 Å². The van der Waals surface area contributed by atoms with E-state index >= 15 is 0 Å². The van der Waals surface area contributed by atoms with Crippen molar-refractivity contribution in [3.8, 4) is 0 Å². The molecule has 0 saturated heterocycles. The van der Waals surface area contributed by atoms with Crippen LogP contribution in [0.5, 0.6) is 0 Å². The fourth-order valence-electron chi connectivity index (χ4n) is 2.11. The summed E-state index contributed by atoms with van der Waals surface area (Å²) in [6.07, 6.45) is 1.71. The molecule has 0 fully saturated rings. The molecule has 0 amide bonds. The van der Waals surface area contributed by atoms with E-state index in [2.05, 4.69) is 44.3 Å². The van der Waals surface area contributed by atoms with E-state index in [0.29, 0.717) is 6.54 Å². The van der Waals surface area contributed by atoms with Gasteiger partial charge in [-0.15, -0.1) is 24.0 Å². The van der Waals surface area contributed by atoms with Gasteiger partial charge in [-0.3, -0.25) is 4.90 Å². The Bertz CT molecular complexity index is 555. The van der Waals surface area contributed by atoms with Gasteiger partial charge in [0.2, 0.25) is 0 Å². The average molecular weight is 448 g/mol. The van der Waals surface area contributed by atoms with Gasteiger partial charge in [0.1, 0.15) is 5.76 Å². The zero-order valence-electron chi connectivity index (χ0n) is 13.8. The molecule has 23 heavy (non-hydrogen) atoms. The second kappa shape index (κ2) is 10.7. The minimum Gasteiger partial charge on any atom is -0.468 e. The molecule has 2 aromatic heterocycles. The van der Waals surface area contributed by atoms with Crippen molar-refractivity contribution < 1.29 is 4.42 Å². The van der Waals surface area contributed by atoms with Crippen molar-refractivity contribution in [1.82, 2.24) is 15.5 Å². The van der Waals surface area contributed by atoms with Crippen LogP contribution in [0.4, 0.5) is 0 Å². The van der Waals surface area contributed by atoms with Gasteiger partial charge in [0.15, 0.2) is 5.96 Å². The van der Waals surface area contributed by atoms with E-state index in [-0.39, 0.29) is 30.0 Å². The van der Waals surface area contributed by atoms with Gasteiger partial charge >= 0.3 is 0 Å². The third kappa shape index (κ3) is 6.52. The number of thiophene rings is 1. The third-order valence-electron chi connectivity index (χ3n) is 3.30. The average Bonchev–Trinajstić information content (AvgIpc) is 3.18. The molecule has 2 heterocycles. The number of likely N-dealkylation sites (N-methyl/N-ethyl adjacent to an activating group) is 1. The first-order valence-corrected chi connectivity index (χ1v) is 8.38. The summed E-state index contributed by atoms with van der Waals surface area (Å²) >= 11 is 1.70. The van der Waals surface area contributed by atoms with E-state index in [1.165, 1.54) is 5.56 Å². The maximum atomic E-state index is 5.53. The van der Waals surface area contributed by atoms with Crippen LogP contribution >= 0.6 is 35.3 Å². The number of hydrogen-bond acceptors (Lipinski definition) is 4. The summed E-state index contributed by atoms with van der Waals surface area (Å²) in [5, 5.41) is 10.9. The molecule has 0 aliphatic carbocycles. The van der Waals surface area contributed by atoms with E-state index in [1.807, 2.05) is 26.2 Å². The number of aliphatic imine (C=N–C) groups is 1. The Hall–Kier alpha value is -1.06. The first-order valence-electron chi connectivity index (χ1n) is 7.43. The van der Waals surface area contributed by atoms with E-state index in [0.717, 1.165) is 24.8 Å². The summed E-state index contributed by atoms with van der Waals surface area (Å²) in [4.78, 5) is 6.75. The molecule has 0 aromatic carbocycles. The van der Waals surface area contributed by atoms with Crippen molar-refractivity contribution in [2.24, 2.45) is 4.99 Å². The first kappa shape index (κ1) is 20.0. The van der Waals surface area contributed by atoms with Crippen LogP contribution in [0.25, 0.3) is 0 Å². The van der Waals surface area contributed by atoms with Gasteiger partial charge in [0.25, 0.3) is 0 Å². The lowest BCUT2D eigenvalue weighted by atomic mass is 10.2. The molecule has 0 spiro atoms. The molecule has 7 heteroatoms. The minimum atomic E-state index is 0. The number of rotatable bonds is 7. The molecule has 1 atom stereocenters. The molecule has 0 aliphatic rings. The Morgan fingerprint density at radius 2 is 2.17 bits per heavy atom. The number of nitrogens with one attached hydrogen (secondary N) is 2. The van der Waals surface area contributed by atoms with Crippen LogP contribution in [0, 0.1) is 0 Å². The van der Waals surface area contributed by atoms with Crippen LogP contribution in [-0.4, -0.2) is 38.0 Å². The summed E-state index contributed by atoms with van der Waals surface area (Å²) in [5.74, 6) is 1.78. The van der Waals surface area contributed by atoms with Crippen LogP contribution in [0.2, 0.25) is 0 Å².